The summed E-state index contributed by atoms with van der Waals surface area (Å²) in [5.74, 6) is -1.15. The summed E-state index contributed by atoms with van der Waals surface area (Å²) >= 11 is 0. The number of anilines is 1. The molecular formula is C23H30N4O5. The first-order valence-corrected chi connectivity index (χ1v) is 10.2. The number of carbonyl (C=O) groups is 3. The van der Waals surface area contributed by atoms with E-state index in [1.54, 1.807) is 50.2 Å². The van der Waals surface area contributed by atoms with Crippen LogP contribution in [0.15, 0.2) is 36.4 Å². The Hall–Kier alpha value is -3.75. The number of carboxylic acids is 1. The Bertz CT molecular complexity index is 950. The molecule has 3 amide bonds. The summed E-state index contributed by atoms with van der Waals surface area (Å²) in [4.78, 5) is 36.4. The van der Waals surface area contributed by atoms with E-state index < -0.39 is 23.9 Å². The standard InChI is InChI=1S/C23H30N4O5/c1-13(2)32-18-9-14(3)20(15(4)10-18)21(28)27-19(22(29)30)12-26-23(31)25-11-16-5-7-17(24)8-6-16/h5-10,13,19H,11-12,24H2,1-4H3,(H,27,28)(H,29,30)(H2,25,26,31)/t19-/m0/s1. The van der Waals surface area contributed by atoms with Crippen molar-refractivity contribution in [2.24, 2.45) is 0 Å². The third-order valence-corrected chi connectivity index (χ3v) is 4.61. The molecule has 0 radical (unpaired) electrons. The SMILES string of the molecule is Cc1cc(OC(C)C)cc(C)c1C(=O)N[C@@H](CNC(=O)NCc1ccc(N)cc1)C(=O)O. The quantitative estimate of drug-likeness (QED) is 0.377. The van der Waals surface area contributed by atoms with Gasteiger partial charge in [-0.1, -0.05) is 12.1 Å². The van der Waals surface area contributed by atoms with Crippen LogP contribution in [0.5, 0.6) is 5.75 Å². The number of aryl methyl sites for hydroxylation is 2. The number of carbonyl (C=O) groups excluding carboxylic acids is 2. The van der Waals surface area contributed by atoms with Gasteiger partial charge < -0.3 is 31.5 Å². The molecule has 6 N–H and O–H groups in total. The van der Waals surface area contributed by atoms with Crippen molar-refractivity contribution in [3.63, 3.8) is 0 Å². The molecule has 0 unspecified atom stereocenters. The van der Waals surface area contributed by atoms with Crippen LogP contribution < -0.4 is 26.4 Å². The van der Waals surface area contributed by atoms with Gasteiger partial charge in [0.15, 0.2) is 0 Å². The van der Waals surface area contributed by atoms with Crippen molar-refractivity contribution in [3.05, 3.63) is 58.7 Å². The Morgan fingerprint density at radius 1 is 1.03 bits per heavy atom. The lowest BCUT2D eigenvalue weighted by Crippen LogP contribution is -2.50. The number of hydrogen-bond acceptors (Lipinski definition) is 5. The third kappa shape index (κ3) is 7.19. The second-order valence-electron chi connectivity index (χ2n) is 7.77. The minimum absolute atomic E-state index is 0.0119. The molecule has 0 aliphatic heterocycles. The number of nitrogens with two attached hydrogens (primary N) is 1. The average Bonchev–Trinajstić information content (AvgIpc) is 2.69. The van der Waals surface area contributed by atoms with Gasteiger partial charge in [-0.2, -0.15) is 0 Å². The Balaban J connectivity index is 1.96. The number of nitrogens with one attached hydrogen (secondary N) is 3. The molecular weight excluding hydrogens is 412 g/mol. The molecule has 9 heteroatoms. The van der Waals surface area contributed by atoms with Gasteiger partial charge in [-0.05, 0) is 68.7 Å². The maximum absolute atomic E-state index is 12.8. The minimum atomic E-state index is -1.30. The van der Waals surface area contributed by atoms with Crippen LogP contribution in [0.4, 0.5) is 10.5 Å². The molecule has 0 aliphatic rings. The number of rotatable bonds is 9. The van der Waals surface area contributed by atoms with E-state index in [4.69, 9.17) is 10.5 Å². The van der Waals surface area contributed by atoms with Crippen LogP contribution >= 0.6 is 0 Å². The number of hydrogen-bond donors (Lipinski definition) is 5. The molecule has 2 aromatic carbocycles. The molecule has 0 saturated heterocycles. The Morgan fingerprint density at radius 3 is 2.16 bits per heavy atom. The zero-order valence-corrected chi connectivity index (χ0v) is 18.7. The van der Waals surface area contributed by atoms with E-state index in [0.29, 0.717) is 28.1 Å². The summed E-state index contributed by atoms with van der Waals surface area (Å²) in [6.07, 6.45) is -0.0119. The molecule has 1 atom stereocenters. The first kappa shape index (κ1) is 24.5. The lowest BCUT2D eigenvalue weighted by Gasteiger charge is -2.19. The highest BCUT2D eigenvalue weighted by molar-refractivity contribution is 5.99. The van der Waals surface area contributed by atoms with Crippen LogP contribution in [0.3, 0.4) is 0 Å². The Labute approximate surface area is 187 Å². The van der Waals surface area contributed by atoms with Crippen LogP contribution in [0.1, 0.15) is 40.9 Å². The van der Waals surface area contributed by atoms with Crippen molar-refractivity contribution in [1.29, 1.82) is 0 Å². The monoisotopic (exact) mass is 442 g/mol. The summed E-state index contributed by atoms with van der Waals surface area (Å²) in [5.41, 5.74) is 8.78. The highest BCUT2D eigenvalue weighted by atomic mass is 16.5. The predicted octanol–water partition coefficient (Wildman–Crippen LogP) is 2.36. The molecule has 2 rings (SSSR count). The number of aliphatic carboxylic acids is 1. The zero-order valence-electron chi connectivity index (χ0n) is 18.7. The second kappa shape index (κ2) is 11.0. The van der Waals surface area contributed by atoms with Gasteiger partial charge in [-0.3, -0.25) is 4.79 Å². The van der Waals surface area contributed by atoms with E-state index in [9.17, 15) is 19.5 Å². The molecule has 0 heterocycles. The van der Waals surface area contributed by atoms with E-state index in [1.165, 1.54) is 0 Å². The topological polar surface area (TPSA) is 143 Å². The lowest BCUT2D eigenvalue weighted by molar-refractivity contribution is -0.139. The molecule has 0 bridgehead atoms. The fourth-order valence-electron chi connectivity index (χ4n) is 3.13. The van der Waals surface area contributed by atoms with Gasteiger partial charge in [0.2, 0.25) is 0 Å². The molecule has 0 aliphatic carbocycles. The van der Waals surface area contributed by atoms with Crippen molar-refractivity contribution in [3.8, 4) is 5.75 Å². The third-order valence-electron chi connectivity index (χ3n) is 4.61. The smallest absolute Gasteiger partial charge is 0.328 e. The van der Waals surface area contributed by atoms with Crippen molar-refractivity contribution in [1.82, 2.24) is 16.0 Å². The number of nitrogen functional groups attached to an aromatic ring is 1. The lowest BCUT2D eigenvalue weighted by atomic mass is 10.0. The first-order chi connectivity index (χ1) is 15.1. The molecule has 0 spiro atoms. The highest BCUT2D eigenvalue weighted by Crippen LogP contribution is 2.23. The highest BCUT2D eigenvalue weighted by Gasteiger charge is 2.23. The van der Waals surface area contributed by atoms with Crippen molar-refractivity contribution in [2.45, 2.75) is 46.4 Å². The molecule has 0 saturated carbocycles. The normalized spacial score (nSPS) is 11.5. The molecule has 0 fully saturated rings. The van der Waals surface area contributed by atoms with Crippen molar-refractivity contribution >= 4 is 23.6 Å². The predicted molar refractivity (Wildman–Crippen MR) is 122 cm³/mol. The summed E-state index contributed by atoms with van der Waals surface area (Å²) in [6.45, 7) is 7.30. The maximum Gasteiger partial charge on any atom is 0.328 e. The number of benzene rings is 2. The van der Waals surface area contributed by atoms with Gasteiger partial charge in [-0.15, -0.1) is 0 Å². The number of amides is 3. The molecule has 172 valence electrons. The van der Waals surface area contributed by atoms with Gasteiger partial charge in [0.25, 0.3) is 5.91 Å². The maximum atomic E-state index is 12.8. The van der Waals surface area contributed by atoms with Gasteiger partial charge in [0, 0.05) is 17.8 Å². The summed E-state index contributed by atoms with van der Waals surface area (Å²) < 4.78 is 5.67. The molecule has 9 nitrogen and oxygen atoms in total. The van der Waals surface area contributed by atoms with E-state index in [1.807, 2.05) is 13.8 Å². The van der Waals surface area contributed by atoms with Crippen LogP contribution in [0.25, 0.3) is 0 Å². The van der Waals surface area contributed by atoms with Gasteiger partial charge >= 0.3 is 12.0 Å². The van der Waals surface area contributed by atoms with Crippen LogP contribution in [0.2, 0.25) is 0 Å². The van der Waals surface area contributed by atoms with Crippen molar-refractivity contribution < 1.29 is 24.2 Å². The van der Waals surface area contributed by atoms with Gasteiger partial charge in [-0.25, -0.2) is 9.59 Å². The Morgan fingerprint density at radius 2 is 1.62 bits per heavy atom. The Kier molecular flexibility index (Phi) is 8.46. The van der Waals surface area contributed by atoms with Crippen LogP contribution in [-0.4, -0.2) is 41.7 Å². The van der Waals surface area contributed by atoms with Crippen molar-refractivity contribution in [2.75, 3.05) is 12.3 Å². The minimum Gasteiger partial charge on any atom is -0.491 e. The van der Waals surface area contributed by atoms with E-state index in [2.05, 4.69) is 16.0 Å². The largest absolute Gasteiger partial charge is 0.491 e. The van der Waals surface area contributed by atoms with Gasteiger partial charge in [0.1, 0.15) is 11.8 Å². The first-order valence-electron chi connectivity index (χ1n) is 10.2. The van der Waals surface area contributed by atoms with E-state index >= 15 is 0 Å². The number of carboxylic acid groups (broad SMARTS) is 1. The number of urea groups is 1. The van der Waals surface area contributed by atoms with Crippen LogP contribution in [0, 0.1) is 13.8 Å². The average molecular weight is 443 g/mol. The molecule has 2 aromatic rings. The van der Waals surface area contributed by atoms with Gasteiger partial charge in [0.05, 0.1) is 12.6 Å². The zero-order chi connectivity index (χ0) is 23.8. The number of ether oxygens (including phenoxy) is 1. The van der Waals surface area contributed by atoms with E-state index in [0.717, 1.165) is 5.56 Å². The van der Waals surface area contributed by atoms with E-state index in [-0.39, 0.29) is 19.2 Å². The molecule has 0 aromatic heterocycles. The summed E-state index contributed by atoms with van der Waals surface area (Å²) in [7, 11) is 0. The fourth-order valence-corrected chi connectivity index (χ4v) is 3.13. The second-order valence-corrected chi connectivity index (χ2v) is 7.77. The fraction of sp³-hybridized carbons (Fsp3) is 0.348. The summed E-state index contributed by atoms with van der Waals surface area (Å²) in [6, 6.07) is 8.62. The molecule has 32 heavy (non-hydrogen) atoms. The van der Waals surface area contributed by atoms with Crippen LogP contribution in [-0.2, 0) is 11.3 Å². The summed E-state index contributed by atoms with van der Waals surface area (Å²) in [5, 5.41) is 17.1.